The summed E-state index contributed by atoms with van der Waals surface area (Å²) in [5, 5.41) is 12.2. The van der Waals surface area contributed by atoms with E-state index in [9.17, 15) is 0 Å². The van der Waals surface area contributed by atoms with Crippen LogP contribution in [0.5, 0.6) is 0 Å². The molecular weight excluding hydrogens is 174 g/mol. The summed E-state index contributed by atoms with van der Waals surface area (Å²) in [7, 11) is 0. The van der Waals surface area contributed by atoms with Crippen LogP contribution in [-0.4, -0.2) is 24.3 Å². The van der Waals surface area contributed by atoms with Crippen molar-refractivity contribution in [3.05, 3.63) is 0 Å². The molecule has 2 heteroatoms. The number of hydrogen-bond donors (Lipinski definition) is 2. The largest absolute Gasteiger partial charge is 0.395 e. The molecule has 0 bridgehead atoms. The molecule has 0 saturated heterocycles. The molecule has 0 aromatic rings. The topological polar surface area (TPSA) is 32.3 Å². The van der Waals surface area contributed by atoms with Crippen molar-refractivity contribution in [2.75, 3.05) is 13.2 Å². The lowest BCUT2D eigenvalue weighted by Gasteiger charge is -2.18. The highest BCUT2D eigenvalue weighted by atomic mass is 16.3. The van der Waals surface area contributed by atoms with Crippen molar-refractivity contribution in [2.24, 2.45) is 11.8 Å². The number of aliphatic hydroxyl groups is 1. The van der Waals surface area contributed by atoms with Crippen LogP contribution in [0.15, 0.2) is 0 Å². The molecule has 0 radical (unpaired) electrons. The van der Waals surface area contributed by atoms with Gasteiger partial charge < -0.3 is 10.4 Å². The van der Waals surface area contributed by atoms with Gasteiger partial charge in [-0.25, -0.2) is 0 Å². The molecule has 0 aromatic carbocycles. The minimum absolute atomic E-state index is 0.268. The fourth-order valence-corrected chi connectivity index (χ4v) is 2.47. The summed E-state index contributed by atoms with van der Waals surface area (Å²) in [6.07, 6.45) is 6.70. The molecule has 2 nitrogen and oxygen atoms in total. The average Bonchev–Trinajstić information content (AvgIpc) is 2.39. The van der Waals surface area contributed by atoms with Gasteiger partial charge >= 0.3 is 0 Å². The summed E-state index contributed by atoms with van der Waals surface area (Å²) < 4.78 is 0. The highest BCUT2D eigenvalue weighted by Gasteiger charge is 2.20. The van der Waals surface area contributed by atoms with Crippen molar-refractivity contribution in [1.29, 1.82) is 0 Å². The van der Waals surface area contributed by atoms with Gasteiger partial charge in [0.15, 0.2) is 0 Å². The number of rotatable bonds is 4. The molecule has 0 aromatic heterocycles. The Labute approximate surface area is 88.1 Å². The molecule has 0 aliphatic heterocycles. The molecule has 1 saturated carbocycles. The van der Waals surface area contributed by atoms with E-state index in [1.807, 2.05) is 0 Å². The minimum Gasteiger partial charge on any atom is -0.395 e. The summed E-state index contributed by atoms with van der Waals surface area (Å²) in [6, 6.07) is 0.658. The van der Waals surface area contributed by atoms with Crippen LogP contribution in [0.4, 0.5) is 0 Å². The lowest BCUT2D eigenvalue weighted by molar-refractivity contribution is 0.278. The smallest absolute Gasteiger partial charge is 0.0556 e. The Morgan fingerprint density at radius 3 is 2.64 bits per heavy atom. The van der Waals surface area contributed by atoms with Gasteiger partial charge in [0.05, 0.1) is 6.61 Å². The van der Waals surface area contributed by atoms with Gasteiger partial charge in [-0.2, -0.15) is 0 Å². The van der Waals surface area contributed by atoms with E-state index in [0.29, 0.717) is 6.04 Å². The van der Waals surface area contributed by atoms with Gasteiger partial charge in [-0.1, -0.05) is 26.7 Å². The molecular formula is C12H25NO. The molecule has 2 N–H and O–H groups in total. The molecule has 0 heterocycles. The van der Waals surface area contributed by atoms with Crippen molar-refractivity contribution in [3.8, 4) is 0 Å². The van der Waals surface area contributed by atoms with Gasteiger partial charge in [0.1, 0.15) is 0 Å². The fraction of sp³-hybridized carbons (Fsp3) is 1.00. The molecule has 1 aliphatic carbocycles. The van der Waals surface area contributed by atoms with Crippen molar-refractivity contribution in [3.63, 3.8) is 0 Å². The van der Waals surface area contributed by atoms with Gasteiger partial charge in [0.25, 0.3) is 0 Å². The Bertz CT molecular complexity index is 147. The summed E-state index contributed by atoms with van der Waals surface area (Å²) in [5.41, 5.74) is 0. The van der Waals surface area contributed by atoms with Crippen LogP contribution >= 0.6 is 0 Å². The van der Waals surface area contributed by atoms with Crippen LogP contribution in [0.1, 0.15) is 46.0 Å². The quantitative estimate of drug-likeness (QED) is 0.680. The molecule has 0 amide bonds. The molecule has 84 valence electrons. The highest BCUT2D eigenvalue weighted by Crippen LogP contribution is 2.28. The summed E-state index contributed by atoms with van der Waals surface area (Å²) >= 11 is 0. The van der Waals surface area contributed by atoms with Crippen molar-refractivity contribution >= 4 is 0 Å². The van der Waals surface area contributed by atoms with Gasteiger partial charge in [-0.3, -0.25) is 0 Å². The predicted molar refractivity (Wildman–Crippen MR) is 60.3 cm³/mol. The first-order valence-corrected chi connectivity index (χ1v) is 6.08. The van der Waals surface area contributed by atoms with E-state index in [-0.39, 0.29) is 6.61 Å². The third-order valence-corrected chi connectivity index (χ3v) is 3.50. The molecule has 2 atom stereocenters. The van der Waals surface area contributed by atoms with Gasteiger partial charge in [0.2, 0.25) is 0 Å². The fourth-order valence-electron chi connectivity index (χ4n) is 2.47. The maximum atomic E-state index is 8.74. The van der Waals surface area contributed by atoms with Gasteiger partial charge in [-0.05, 0) is 31.1 Å². The standard InChI is InChI=1S/C12H25NO/c1-10(2)11-4-3-5-12(7-6-11)13-8-9-14/h10-14H,3-9H2,1-2H3. The van der Waals surface area contributed by atoms with E-state index in [1.54, 1.807) is 0 Å². The van der Waals surface area contributed by atoms with E-state index in [2.05, 4.69) is 19.2 Å². The lowest BCUT2D eigenvalue weighted by Crippen LogP contribution is -2.31. The Morgan fingerprint density at radius 2 is 2.00 bits per heavy atom. The molecule has 14 heavy (non-hydrogen) atoms. The summed E-state index contributed by atoms with van der Waals surface area (Å²) in [4.78, 5) is 0. The first kappa shape index (κ1) is 12.0. The van der Waals surface area contributed by atoms with Crippen LogP contribution in [0, 0.1) is 11.8 Å². The molecule has 1 fully saturated rings. The Kier molecular flexibility index (Phi) is 5.49. The molecule has 1 rings (SSSR count). The van der Waals surface area contributed by atoms with Crippen molar-refractivity contribution in [2.45, 2.75) is 52.0 Å². The van der Waals surface area contributed by atoms with E-state index in [1.165, 1.54) is 32.1 Å². The zero-order valence-electron chi connectivity index (χ0n) is 9.63. The maximum absolute atomic E-state index is 8.74. The Balaban J connectivity index is 2.26. The normalized spacial score (nSPS) is 29.1. The minimum atomic E-state index is 0.268. The zero-order chi connectivity index (χ0) is 10.4. The van der Waals surface area contributed by atoms with Crippen LogP contribution in [0.2, 0.25) is 0 Å². The van der Waals surface area contributed by atoms with Crippen LogP contribution < -0.4 is 5.32 Å². The molecule has 2 unspecified atom stereocenters. The highest BCUT2D eigenvalue weighted by molar-refractivity contribution is 4.76. The Morgan fingerprint density at radius 1 is 1.21 bits per heavy atom. The van der Waals surface area contributed by atoms with E-state index < -0.39 is 0 Å². The molecule has 0 spiro atoms. The van der Waals surface area contributed by atoms with Crippen LogP contribution in [0.3, 0.4) is 0 Å². The summed E-state index contributed by atoms with van der Waals surface area (Å²) in [6.45, 7) is 5.71. The molecule has 1 aliphatic rings. The van der Waals surface area contributed by atoms with Crippen LogP contribution in [-0.2, 0) is 0 Å². The number of hydrogen-bond acceptors (Lipinski definition) is 2. The third-order valence-electron chi connectivity index (χ3n) is 3.50. The third kappa shape index (κ3) is 3.97. The zero-order valence-corrected chi connectivity index (χ0v) is 9.63. The Hall–Kier alpha value is -0.0800. The monoisotopic (exact) mass is 199 g/mol. The SMILES string of the molecule is CC(C)C1CCCC(NCCO)CC1. The second kappa shape index (κ2) is 6.41. The van der Waals surface area contributed by atoms with Gasteiger partial charge in [0, 0.05) is 12.6 Å². The van der Waals surface area contributed by atoms with Gasteiger partial charge in [-0.15, -0.1) is 0 Å². The van der Waals surface area contributed by atoms with Crippen molar-refractivity contribution < 1.29 is 5.11 Å². The van der Waals surface area contributed by atoms with E-state index in [0.717, 1.165) is 18.4 Å². The van der Waals surface area contributed by atoms with E-state index >= 15 is 0 Å². The lowest BCUT2D eigenvalue weighted by atomic mass is 9.89. The second-order valence-electron chi connectivity index (χ2n) is 4.89. The first-order chi connectivity index (χ1) is 6.74. The van der Waals surface area contributed by atoms with Crippen molar-refractivity contribution in [1.82, 2.24) is 5.32 Å². The average molecular weight is 199 g/mol. The number of aliphatic hydroxyl groups excluding tert-OH is 1. The van der Waals surface area contributed by atoms with E-state index in [4.69, 9.17) is 5.11 Å². The number of nitrogens with one attached hydrogen (secondary N) is 1. The summed E-state index contributed by atoms with van der Waals surface area (Å²) in [5.74, 6) is 1.77. The first-order valence-electron chi connectivity index (χ1n) is 6.08. The maximum Gasteiger partial charge on any atom is 0.0556 e. The second-order valence-corrected chi connectivity index (χ2v) is 4.89. The predicted octanol–water partition coefficient (Wildman–Crippen LogP) is 2.17. The van der Waals surface area contributed by atoms with Crippen LogP contribution in [0.25, 0.3) is 0 Å².